The first kappa shape index (κ1) is 17.4. The van der Waals surface area contributed by atoms with E-state index >= 15 is 0 Å². The summed E-state index contributed by atoms with van der Waals surface area (Å²) in [6.45, 7) is 2.03. The summed E-state index contributed by atoms with van der Waals surface area (Å²) in [6, 6.07) is 20.7. The number of carbonyl (C=O) groups is 1. The molecule has 0 atom stereocenters. The summed E-state index contributed by atoms with van der Waals surface area (Å²) in [5.74, 6) is 1.33. The van der Waals surface area contributed by atoms with Gasteiger partial charge >= 0.3 is 0 Å². The maximum atomic E-state index is 11.9. The molecule has 0 fully saturated rings. The van der Waals surface area contributed by atoms with Gasteiger partial charge in [-0.2, -0.15) is 0 Å². The van der Waals surface area contributed by atoms with Crippen LogP contribution in [0.25, 0.3) is 0 Å². The molecule has 0 aliphatic rings. The van der Waals surface area contributed by atoms with Crippen LogP contribution >= 0.6 is 0 Å². The second-order valence-corrected chi connectivity index (χ2v) is 5.63. The van der Waals surface area contributed by atoms with Gasteiger partial charge in [0, 0.05) is 5.69 Å². The summed E-state index contributed by atoms with van der Waals surface area (Å²) >= 11 is 0. The second kappa shape index (κ2) is 8.62. The van der Waals surface area contributed by atoms with E-state index in [1.165, 1.54) is 5.56 Å². The lowest BCUT2D eigenvalue weighted by Gasteiger charge is -2.08. The van der Waals surface area contributed by atoms with E-state index in [-0.39, 0.29) is 12.5 Å². The number of carbonyl (C=O) groups excluding carboxylic acids is 1. The number of benzene rings is 2. The largest absolute Gasteiger partial charge is 0.484 e. The Hall–Kier alpha value is -3.41. The minimum absolute atomic E-state index is 0.0878. The van der Waals surface area contributed by atoms with Crippen molar-refractivity contribution in [3.63, 3.8) is 0 Å². The van der Waals surface area contributed by atoms with Crippen LogP contribution in [0.3, 0.4) is 0 Å². The Balaban J connectivity index is 1.51. The molecule has 1 heterocycles. The molecule has 0 aliphatic carbocycles. The van der Waals surface area contributed by atoms with Crippen LogP contribution in [0, 0.1) is 0 Å². The molecule has 1 aromatic heterocycles. The van der Waals surface area contributed by atoms with Crippen molar-refractivity contribution in [3.8, 4) is 5.75 Å². The van der Waals surface area contributed by atoms with Gasteiger partial charge < -0.3 is 15.4 Å². The molecular formula is C20H20N4O2. The number of hydrogen-bond acceptors (Lipinski definition) is 5. The average molecular weight is 348 g/mol. The predicted molar refractivity (Wildman–Crippen MR) is 102 cm³/mol. The quantitative estimate of drug-likeness (QED) is 0.679. The Bertz CT molecular complexity index is 834. The molecule has 0 saturated carbocycles. The summed E-state index contributed by atoms with van der Waals surface area (Å²) < 4.78 is 5.39. The number of para-hydroxylation sites is 1. The molecule has 6 heteroatoms. The first-order valence-corrected chi connectivity index (χ1v) is 8.40. The minimum Gasteiger partial charge on any atom is -0.484 e. The van der Waals surface area contributed by atoms with Crippen LogP contribution in [-0.2, 0) is 11.2 Å². The molecule has 0 aliphatic heterocycles. The third-order valence-electron chi connectivity index (χ3n) is 3.68. The molecule has 3 aromatic rings. The Morgan fingerprint density at radius 3 is 2.27 bits per heavy atom. The summed E-state index contributed by atoms with van der Waals surface area (Å²) in [6.07, 6.45) is 1.00. The van der Waals surface area contributed by atoms with Gasteiger partial charge in [0.2, 0.25) is 0 Å². The number of nitrogens with zero attached hydrogens (tertiary/aromatic N) is 2. The fraction of sp³-hybridized carbons (Fsp3) is 0.150. The van der Waals surface area contributed by atoms with Gasteiger partial charge in [0.05, 0.1) is 0 Å². The number of nitrogens with one attached hydrogen (secondary N) is 2. The minimum atomic E-state index is -0.293. The van der Waals surface area contributed by atoms with E-state index in [9.17, 15) is 4.79 Å². The van der Waals surface area contributed by atoms with Crippen LogP contribution < -0.4 is 15.4 Å². The zero-order valence-corrected chi connectivity index (χ0v) is 14.5. The van der Waals surface area contributed by atoms with E-state index < -0.39 is 0 Å². The normalized spacial score (nSPS) is 10.2. The van der Waals surface area contributed by atoms with Gasteiger partial charge in [-0.15, -0.1) is 10.2 Å². The van der Waals surface area contributed by atoms with Crippen molar-refractivity contribution in [2.75, 3.05) is 17.2 Å². The maximum absolute atomic E-state index is 11.9. The lowest BCUT2D eigenvalue weighted by Crippen LogP contribution is -2.21. The average Bonchev–Trinajstić information content (AvgIpc) is 2.69. The fourth-order valence-electron chi connectivity index (χ4n) is 2.28. The SMILES string of the molecule is CCc1ccc(Nc2ccc(NC(=O)COc3ccccc3)nn2)cc1. The van der Waals surface area contributed by atoms with Crippen molar-refractivity contribution in [2.24, 2.45) is 0 Å². The van der Waals surface area contributed by atoms with E-state index in [1.54, 1.807) is 24.3 Å². The van der Waals surface area contributed by atoms with Crippen LogP contribution in [-0.4, -0.2) is 22.7 Å². The van der Waals surface area contributed by atoms with E-state index in [1.807, 2.05) is 30.3 Å². The molecule has 0 radical (unpaired) electrons. The zero-order chi connectivity index (χ0) is 18.2. The summed E-state index contributed by atoms with van der Waals surface area (Å²) in [5, 5.41) is 13.9. The Morgan fingerprint density at radius 1 is 0.923 bits per heavy atom. The Morgan fingerprint density at radius 2 is 1.62 bits per heavy atom. The van der Waals surface area contributed by atoms with E-state index in [0.717, 1.165) is 12.1 Å². The summed E-state index contributed by atoms with van der Waals surface area (Å²) in [4.78, 5) is 11.9. The molecule has 0 saturated heterocycles. The highest BCUT2D eigenvalue weighted by Crippen LogP contribution is 2.16. The van der Waals surface area contributed by atoms with E-state index in [0.29, 0.717) is 17.4 Å². The van der Waals surface area contributed by atoms with Crippen molar-refractivity contribution in [3.05, 3.63) is 72.3 Å². The lowest BCUT2D eigenvalue weighted by atomic mass is 10.1. The summed E-state index contributed by atoms with van der Waals surface area (Å²) in [5.41, 5.74) is 2.21. The number of anilines is 3. The van der Waals surface area contributed by atoms with Gasteiger partial charge in [-0.1, -0.05) is 37.3 Å². The van der Waals surface area contributed by atoms with Crippen molar-refractivity contribution in [1.82, 2.24) is 10.2 Å². The van der Waals surface area contributed by atoms with Crippen molar-refractivity contribution in [1.29, 1.82) is 0 Å². The first-order chi connectivity index (χ1) is 12.7. The molecule has 6 nitrogen and oxygen atoms in total. The van der Waals surface area contributed by atoms with Crippen LogP contribution in [0.1, 0.15) is 12.5 Å². The van der Waals surface area contributed by atoms with Crippen LogP contribution in [0.15, 0.2) is 66.7 Å². The lowest BCUT2D eigenvalue weighted by molar-refractivity contribution is -0.118. The molecule has 132 valence electrons. The molecule has 0 bridgehead atoms. The molecule has 1 amide bonds. The number of aryl methyl sites for hydroxylation is 1. The molecule has 0 unspecified atom stereocenters. The fourth-order valence-corrected chi connectivity index (χ4v) is 2.28. The molecule has 3 rings (SSSR count). The summed E-state index contributed by atoms with van der Waals surface area (Å²) in [7, 11) is 0. The highest BCUT2D eigenvalue weighted by atomic mass is 16.5. The smallest absolute Gasteiger partial charge is 0.263 e. The molecule has 2 N–H and O–H groups in total. The topological polar surface area (TPSA) is 76.1 Å². The van der Waals surface area contributed by atoms with Gasteiger partial charge in [0.15, 0.2) is 18.2 Å². The molecule has 2 aromatic carbocycles. The predicted octanol–water partition coefficient (Wildman–Crippen LogP) is 3.80. The molecular weight excluding hydrogens is 328 g/mol. The Labute approximate surface area is 152 Å². The van der Waals surface area contributed by atoms with Gasteiger partial charge in [0.1, 0.15) is 5.75 Å². The second-order valence-electron chi connectivity index (χ2n) is 5.63. The van der Waals surface area contributed by atoms with Crippen LogP contribution in [0.5, 0.6) is 5.75 Å². The zero-order valence-electron chi connectivity index (χ0n) is 14.5. The highest BCUT2D eigenvalue weighted by molar-refractivity contribution is 5.90. The van der Waals surface area contributed by atoms with Gasteiger partial charge in [-0.3, -0.25) is 4.79 Å². The van der Waals surface area contributed by atoms with Crippen LogP contribution in [0.4, 0.5) is 17.3 Å². The third kappa shape index (κ3) is 5.04. The maximum Gasteiger partial charge on any atom is 0.263 e. The van der Waals surface area contributed by atoms with Crippen molar-refractivity contribution < 1.29 is 9.53 Å². The molecule has 26 heavy (non-hydrogen) atoms. The highest BCUT2D eigenvalue weighted by Gasteiger charge is 2.05. The standard InChI is InChI=1S/C20H20N4O2/c1-2-15-8-10-16(11-9-15)21-18-12-13-19(24-23-18)22-20(25)14-26-17-6-4-3-5-7-17/h3-13H,2,14H2,1H3,(H,21,23)(H,22,24,25). The van der Waals surface area contributed by atoms with Gasteiger partial charge in [-0.25, -0.2) is 0 Å². The number of ether oxygens (including phenoxy) is 1. The third-order valence-corrected chi connectivity index (χ3v) is 3.68. The monoisotopic (exact) mass is 348 g/mol. The van der Waals surface area contributed by atoms with E-state index in [2.05, 4.69) is 39.9 Å². The van der Waals surface area contributed by atoms with Gasteiger partial charge in [0.25, 0.3) is 5.91 Å². The number of hydrogen-bond donors (Lipinski definition) is 2. The number of amides is 1. The van der Waals surface area contributed by atoms with Crippen LogP contribution in [0.2, 0.25) is 0 Å². The Kier molecular flexibility index (Phi) is 5.77. The first-order valence-electron chi connectivity index (χ1n) is 8.40. The van der Waals surface area contributed by atoms with Gasteiger partial charge in [-0.05, 0) is 48.4 Å². The number of rotatable bonds is 7. The van der Waals surface area contributed by atoms with Crippen molar-refractivity contribution in [2.45, 2.75) is 13.3 Å². The number of aromatic nitrogens is 2. The van der Waals surface area contributed by atoms with E-state index in [4.69, 9.17) is 4.74 Å². The van der Waals surface area contributed by atoms with Crippen molar-refractivity contribution >= 4 is 23.2 Å². The molecule has 0 spiro atoms.